The predicted molar refractivity (Wildman–Crippen MR) is 82.4 cm³/mol. The minimum atomic E-state index is 0.427. The summed E-state index contributed by atoms with van der Waals surface area (Å²) in [7, 11) is 0. The zero-order chi connectivity index (χ0) is 14.7. The highest BCUT2D eigenvalue weighted by atomic mass is 35.5. The highest BCUT2D eigenvalue weighted by Crippen LogP contribution is 2.22. The van der Waals surface area contributed by atoms with Crippen molar-refractivity contribution in [2.75, 3.05) is 6.54 Å². The molecule has 0 aliphatic rings. The summed E-state index contributed by atoms with van der Waals surface area (Å²) >= 11 is 7.67. The fraction of sp³-hybridized carbons (Fsp3) is 0.214. The maximum absolute atomic E-state index is 6.13. The fourth-order valence-electron chi connectivity index (χ4n) is 1.89. The average molecular weight is 321 g/mol. The Morgan fingerprint density at radius 3 is 2.90 bits per heavy atom. The van der Waals surface area contributed by atoms with Crippen LogP contribution in [0.1, 0.15) is 16.4 Å². The van der Waals surface area contributed by atoms with Crippen molar-refractivity contribution in [3.05, 3.63) is 51.1 Å². The molecular formula is C14H13ClN4OS. The average Bonchev–Trinajstić information content (AvgIpc) is 3.11. The van der Waals surface area contributed by atoms with E-state index in [-0.39, 0.29) is 0 Å². The molecule has 0 saturated heterocycles. The molecular weight excluding hydrogens is 308 g/mol. The van der Waals surface area contributed by atoms with Gasteiger partial charge in [0.05, 0.1) is 5.01 Å². The SMILES string of the molecule is NCCc1nc(-c2nc(Cc3ccccc3Cl)no2)cs1. The van der Waals surface area contributed by atoms with Crippen molar-refractivity contribution >= 4 is 22.9 Å². The molecule has 0 aliphatic carbocycles. The van der Waals surface area contributed by atoms with Crippen molar-refractivity contribution in [3.63, 3.8) is 0 Å². The fourth-order valence-corrected chi connectivity index (χ4v) is 2.88. The summed E-state index contributed by atoms with van der Waals surface area (Å²) in [6.45, 7) is 0.578. The lowest BCUT2D eigenvalue weighted by Gasteiger charge is -1.98. The number of nitrogens with zero attached hydrogens (tertiary/aromatic N) is 3. The van der Waals surface area contributed by atoms with Crippen LogP contribution in [0.4, 0.5) is 0 Å². The van der Waals surface area contributed by atoms with Gasteiger partial charge < -0.3 is 10.3 Å². The second-order valence-corrected chi connectivity index (χ2v) is 5.80. The molecule has 2 heterocycles. The van der Waals surface area contributed by atoms with Crippen LogP contribution in [0.25, 0.3) is 11.6 Å². The number of hydrogen-bond donors (Lipinski definition) is 1. The molecule has 0 atom stereocenters. The third kappa shape index (κ3) is 3.29. The molecule has 2 aromatic heterocycles. The van der Waals surface area contributed by atoms with Gasteiger partial charge in [-0.3, -0.25) is 0 Å². The first-order valence-electron chi connectivity index (χ1n) is 6.47. The molecule has 108 valence electrons. The normalized spacial score (nSPS) is 11.0. The van der Waals surface area contributed by atoms with Gasteiger partial charge in [-0.05, 0) is 18.2 Å². The van der Waals surface area contributed by atoms with E-state index in [0.29, 0.717) is 35.4 Å². The molecule has 7 heteroatoms. The van der Waals surface area contributed by atoms with Gasteiger partial charge in [0.1, 0.15) is 5.69 Å². The number of thiazole rings is 1. The lowest BCUT2D eigenvalue weighted by molar-refractivity contribution is 0.423. The zero-order valence-electron chi connectivity index (χ0n) is 11.1. The Labute approximate surface area is 130 Å². The Bertz CT molecular complexity index is 740. The minimum absolute atomic E-state index is 0.427. The Morgan fingerprint density at radius 2 is 2.10 bits per heavy atom. The highest BCUT2D eigenvalue weighted by molar-refractivity contribution is 7.09. The molecule has 21 heavy (non-hydrogen) atoms. The third-order valence-corrected chi connectivity index (χ3v) is 4.18. The van der Waals surface area contributed by atoms with E-state index < -0.39 is 0 Å². The first kappa shape index (κ1) is 14.2. The third-order valence-electron chi connectivity index (χ3n) is 2.90. The number of rotatable bonds is 5. The van der Waals surface area contributed by atoms with Crippen LogP contribution < -0.4 is 5.73 Å². The van der Waals surface area contributed by atoms with Gasteiger partial charge >= 0.3 is 0 Å². The molecule has 0 aliphatic heterocycles. The summed E-state index contributed by atoms with van der Waals surface area (Å²) in [4.78, 5) is 8.79. The molecule has 3 aromatic rings. The van der Waals surface area contributed by atoms with E-state index in [4.69, 9.17) is 21.9 Å². The maximum atomic E-state index is 6.13. The summed E-state index contributed by atoms with van der Waals surface area (Å²) < 4.78 is 5.26. The standard InChI is InChI=1S/C14H13ClN4OS/c15-10-4-2-1-3-9(10)7-12-18-14(20-19-12)11-8-21-13(17-11)5-6-16/h1-4,8H,5-7,16H2. The molecule has 0 fully saturated rings. The van der Waals surface area contributed by atoms with E-state index in [1.165, 1.54) is 0 Å². The van der Waals surface area contributed by atoms with Crippen LogP contribution in [0.2, 0.25) is 5.02 Å². The quantitative estimate of drug-likeness (QED) is 0.782. The van der Waals surface area contributed by atoms with Crippen molar-refractivity contribution in [1.29, 1.82) is 0 Å². The van der Waals surface area contributed by atoms with Gasteiger partial charge in [0, 0.05) is 23.2 Å². The van der Waals surface area contributed by atoms with Crippen LogP contribution >= 0.6 is 22.9 Å². The van der Waals surface area contributed by atoms with Crippen LogP contribution in [0.5, 0.6) is 0 Å². The first-order chi connectivity index (χ1) is 10.3. The molecule has 0 amide bonds. The number of hydrogen-bond acceptors (Lipinski definition) is 6. The monoisotopic (exact) mass is 320 g/mol. The van der Waals surface area contributed by atoms with E-state index in [2.05, 4.69) is 15.1 Å². The van der Waals surface area contributed by atoms with E-state index >= 15 is 0 Å². The van der Waals surface area contributed by atoms with Gasteiger partial charge in [0.15, 0.2) is 5.82 Å². The minimum Gasteiger partial charge on any atom is -0.332 e. The predicted octanol–water partition coefficient (Wildman–Crippen LogP) is 2.94. The molecule has 0 bridgehead atoms. The summed E-state index contributed by atoms with van der Waals surface area (Å²) in [5, 5.41) is 7.55. The van der Waals surface area contributed by atoms with Gasteiger partial charge in [-0.2, -0.15) is 4.98 Å². The number of benzene rings is 1. The molecule has 2 N–H and O–H groups in total. The van der Waals surface area contributed by atoms with E-state index in [1.54, 1.807) is 11.3 Å². The molecule has 0 saturated carbocycles. The van der Waals surface area contributed by atoms with Gasteiger partial charge in [0.2, 0.25) is 0 Å². The number of nitrogens with two attached hydrogens (primary N) is 1. The van der Waals surface area contributed by atoms with Crippen LogP contribution in [-0.2, 0) is 12.8 Å². The van der Waals surface area contributed by atoms with Crippen molar-refractivity contribution in [2.24, 2.45) is 5.73 Å². The molecule has 0 radical (unpaired) electrons. The smallest absolute Gasteiger partial charge is 0.277 e. The molecule has 1 aromatic carbocycles. The van der Waals surface area contributed by atoms with Crippen LogP contribution in [0.15, 0.2) is 34.2 Å². The Morgan fingerprint density at radius 1 is 1.24 bits per heavy atom. The van der Waals surface area contributed by atoms with Crippen LogP contribution in [0, 0.1) is 0 Å². The highest BCUT2D eigenvalue weighted by Gasteiger charge is 2.13. The summed E-state index contributed by atoms with van der Waals surface area (Å²) in [5.41, 5.74) is 7.18. The maximum Gasteiger partial charge on any atom is 0.277 e. The Balaban J connectivity index is 1.78. The van der Waals surface area contributed by atoms with Gasteiger partial charge in [-0.25, -0.2) is 4.98 Å². The van der Waals surface area contributed by atoms with Crippen molar-refractivity contribution in [2.45, 2.75) is 12.8 Å². The van der Waals surface area contributed by atoms with E-state index in [0.717, 1.165) is 17.0 Å². The topological polar surface area (TPSA) is 77.8 Å². The Kier molecular flexibility index (Phi) is 4.28. The van der Waals surface area contributed by atoms with Crippen LogP contribution in [-0.4, -0.2) is 21.7 Å². The van der Waals surface area contributed by atoms with Crippen molar-refractivity contribution in [3.8, 4) is 11.6 Å². The Hall–Kier alpha value is -1.76. The van der Waals surface area contributed by atoms with Gasteiger partial charge in [0.25, 0.3) is 5.89 Å². The summed E-state index contributed by atoms with van der Waals surface area (Å²) in [6.07, 6.45) is 1.29. The van der Waals surface area contributed by atoms with Gasteiger partial charge in [-0.1, -0.05) is 35.0 Å². The van der Waals surface area contributed by atoms with E-state index in [1.807, 2.05) is 29.6 Å². The second-order valence-electron chi connectivity index (χ2n) is 4.45. The molecule has 0 spiro atoms. The lowest BCUT2D eigenvalue weighted by Crippen LogP contribution is -2.01. The summed E-state index contributed by atoms with van der Waals surface area (Å²) in [5.74, 6) is 1.02. The second kappa shape index (κ2) is 6.34. The molecule has 0 unspecified atom stereocenters. The first-order valence-corrected chi connectivity index (χ1v) is 7.73. The molecule has 3 rings (SSSR count). The number of halogens is 1. The van der Waals surface area contributed by atoms with E-state index in [9.17, 15) is 0 Å². The zero-order valence-corrected chi connectivity index (χ0v) is 12.7. The largest absolute Gasteiger partial charge is 0.332 e. The molecule has 5 nitrogen and oxygen atoms in total. The van der Waals surface area contributed by atoms with Crippen LogP contribution in [0.3, 0.4) is 0 Å². The number of aromatic nitrogens is 3. The lowest BCUT2D eigenvalue weighted by atomic mass is 10.1. The van der Waals surface area contributed by atoms with Gasteiger partial charge in [-0.15, -0.1) is 11.3 Å². The summed E-state index contributed by atoms with van der Waals surface area (Å²) in [6, 6.07) is 7.61. The van der Waals surface area contributed by atoms with Crippen molar-refractivity contribution < 1.29 is 4.52 Å². The van der Waals surface area contributed by atoms with Crippen molar-refractivity contribution in [1.82, 2.24) is 15.1 Å².